The van der Waals surface area contributed by atoms with Gasteiger partial charge in [0.05, 0.1) is 11.0 Å². The van der Waals surface area contributed by atoms with Gasteiger partial charge < -0.3 is 0 Å². The van der Waals surface area contributed by atoms with Crippen molar-refractivity contribution in [1.82, 2.24) is 0 Å². The molecule has 0 bridgehead atoms. The van der Waals surface area contributed by atoms with Gasteiger partial charge in [0.1, 0.15) is 10.7 Å². The highest BCUT2D eigenvalue weighted by Crippen LogP contribution is 2.33. The normalized spacial score (nSPS) is 13.9. The summed E-state index contributed by atoms with van der Waals surface area (Å²) in [5.74, 6) is -1.01. The van der Waals surface area contributed by atoms with Gasteiger partial charge in [-0.15, -0.1) is 4.91 Å². The van der Waals surface area contributed by atoms with Crippen LogP contribution in [-0.4, -0.2) is 11.6 Å². The number of fused-ring (bicyclic) bond motifs is 1. The summed E-state index contributed by atoms with van der Waals surface area (Å²) in [6.45, 7) is 0. The van der Waals surface area contributed by atoms with Gasteiger partial charge >= 0.3 is 0 Å². The van der Waals surface area contributed by atoms with E-state index >= 15 is 0 Å². The van der Waals surface area contributed by atoms with Gasteiger partial charge in [0.25, 0.3) is 0 Å². The molecule has 108 valence electrons. The lowest BCUT2D eigenvalue weighted by atomic mass is 9.92. The molecule has 0 unspecified atom stereocenters. The summed E-state index contributed by atoms with van der Waals surface area (Å²) in [7, 11) is 0. The molecule has 0 amide bonds. The molecule has 1 aliphatic carbocycles. The molecule has 0 saturated carbocycles. The highest BCUT2D eigenvalue weighted by atomic mass is 35.5. The molecule has 0 aromatic heterocycles. The fourth-order valence-electron chi connectivity index (χ4n) is 2.31. The molecule has 0 heterocycles. The molecule has 2 aromatic rings. The monoisotopic (exact) mass is 312 g/mol. The van der Waals surface area contributed by atoms with Gasteiger partial charge in [-0.25, -0.2) is 0 Å². The Kier molecular flexibility index (Phi) is 3.56. The SMILES string of the molecule is O=NN(C1=C(Cl)C(=O)c2ccccc2C1=O)c1ccccc1. The summed E-state index contributed by atoms with van der Waals surface area (Å²) in [4.78, 5) is 36.2. The van der Waals surface area contributed by atoms with Gasteiger partial charge in [0, 0.05) is 11.1 Å². The molecule has 0 radical (unpaired) electrons. The van der Waals surface area contributed by atoms with Crippen LogP contribution in [0.25, 0.3) is 0 Å². The maximum absolute atomic E-state index is 12.6. The average Bonchev–Trinajstić information content (AvgIpc) is 2.57. The third-order valence-electron chi connectivity index (χ3n) is 3.33. The summed E-state index contributed by atoms with van der Waals surface area (Å²) in [6.07, 6.45) is 0. The van der Waals surface area contributed by atoms with Gasteiger partial charge in [-0.2, -0.15) is 5.01 Å². The van der Waals surface area contributed by atoms with Crippen LogP contribution in [0.5, 0.6) is 0 Å². The number of para-hydroxylation sites is 1. The maximum Gasteiger partial charge on any atom is 0.213 e. The molecule has 5 nitrogen and oxygen atoms in total. The lowest BCUT2D eigenvalue weighted by Crippen LogP contribution is -2.29. The zero-order valence-electron chi connectivity index (χ0n) is 11.2. The molecule has 2 aromatic carbocycles. The van der Waals surface area contributed by atoms with Crippen LogP contribution < -0.4 is 5.01 Å². The molecule has 0 fully saturated rings. The standard InChI is InChI=1S/C16H9ClN2O3/c17-13-14(19(18-22)10-6-2-1-3-7-10)16(21)12-9-5-4-8-11(12)15(13)20/h1-9H. The van der Waals surface area contributed by atoms with Crippen molar-refractivity contribution in [2.24, 2.45) is 5.29 Å². The zero-order valence-corrected chi connectivity index (χ0v) is 11.9. The molecule has 0 atom stereocenters. The molecule has 6 heteroatoms. The van der Waals surface area contributed by atoms with Crippen LogP contribution in [0.15, 0.2) is 70.6 Å². The second-order valence-electron chi connectivity index (χ2n) is 4.60. The molecule has 0 saturated heterocycles. The summed E-state index contributed by atoms with van der Waals surface area (Å²) < 4.78 is 0. The molecule has 0 aliphatic heterocycles. The maximum atomic E-state index is 12.6. The molecular formula is C16H9ClN2O3. The first kappa shape index (κ1) is 14.2. The number of nitrogens with zero attached hydrogens (tertiary/aromatic N) is 2. The van der Waals surface area contributed by atoms with Crippen molar-refractivity contribution in [3.05, 3.63) is 81.4 Å². The third-order valence-corrected chi connectivity index (χ3v) is 3.68. The van der Waals surface area contributed by atoms with E-state index in [1.54, 1.807) is 42.5 Å². The van der Waals surface area contributed by atoms with Crippen molar-refractivity contribution in [2.45, 2.75) is 0 Å². The number of anilines is 1. The minimum absolute atomic E-state index is 0.205. The summed E-state index contributed by atoms with van der Waals surface area (Å²) in [6, 6.07) is 14.6. The molecule has 0 N–H and O–H groups in total. The van der Waals surface area contributed by atoms with Crippen LogP contribution in [-0.2, 0) is 0 Å². The molecule has 1 aliphatic rings. The van der Waals surface area contributed by atoms with E-state index in [0.29, 0.717) is 5.69 Å². The van der Waals surface area contributed by atoms with Crippen LogP contribution in [0.3, 0.4) is 0 Å². The minimum Gasteiger partial charge on any atom is -0.287 e. The second-order valence-corrected chi connectivity index (χ2v) is 4.97. The molecule has 22 heavy (non-hydrogen) atoms. The number of benzene rings is 2. The van der Waals surface area contributed by atoms with Gasteiger partial charge in [0.15, 0.2) is 0 Å². The van der Waals surface area contributed by atoms with Gasteiger partial charge in [-0.1, -0.05) is 54.1 Å². The van der Waals surface area contributed by atoms with Crippen LogP contribution in [0, 0.1) is 4.91 Å². The van der Waals surface area contributed by atoms with Crippen molar-refractivity contribution in [3.63, 3.8) is 0 Å². The predicted octanol–water partition coefficient (Wildman–Crippen LogP) is 3.70. The van der Waals surface area contributed by atoms with Gasteiger partial charge in [-0.3, -0.25) is 9.59 Å². The number of hydrogen-bond donors (Lipinski definition) is 0. The van der Waals surface area contributed by atoms with Crippen LogP contribution in [0.2, 0.25) is 0 Å². The molecule has 0 spiro atoms. The van der Waals surface area contributed by atoms with Crippen LogP contribution >= 0.6 is 11.6 Å². The number of hydrogen-bond acceptors (Lipinski definition) is 4. The van der Waals surface area contributed by atoms with Crippen molar-refractivity contribution in [1.29, 1.82) is 0 Å². The number of Topliss-reactive ketones (excluding diaryl/α,β-unsaturated/α-hetero) is 2. The number of rotatable bonds is 3. The highest BCUT2D eigenvalue weighted by Gasteiger charge is 2.35. The predicted molar refractivity (Wildman–Crippen MR) is 82.7 cm³/mol. The number of carbonyl (C=O) groups is 2. The topological polar surface area (TPSA) is 66.8 Å². The Labute approximate surface area is 130 Å². The van der Waals surface area contributed by atoms with Crippen molar-refractivity contribution >= 4 is 28.9 Å². The van der Waals surface area contributed by atoms with E-state index in [0.717, 1.165) is 5.01 Å². The van der Waals surface area contributed by atoms with Crippen molar-refractivity contribution < 1.29 is 9.59 Å². The lowest BCUT2D eigenvalue weighted by Gasteiger charge is -2.23. The van der Waals surface area contributed by atoms with Crippen LogP contribution in [0.4, 0.5) is 5.69 Å². The Morgan fingerprint density at radius 2 is 1.36 bits per heavy atom. The van der Waals surface area contributed by atoms with Crippen LogP contribution in [0.1, 0.15) is 20.7 Å². The Hall–Kier alpha value is -2.79. The number of carbonyl (C=O) groups excluding carboxylic acids is 2. The van der Waals surface area contributed by atoms with E-state index in [1.165, 1.54) is 12.1 Å². The van der Waals surface area contributed by atoms with Crippen molar-refractivity contribution in [3.8, 4) is 0 Å². The molecular weight excluding hydrogens is 304 g/mol. The first-order valence-corrected chi connectivity index (χ1v) is 6.79. The first-order chi connectivity index (χ1) is 10.6. The smallest absolute Gasteiger partial charge is 0.213 e. The Balaban J connectivity index is 2.18. The van der Waals surface area contributed by atoms with E-state index < -0.39 is 11.6 Å². The van der Waals surface area contributed by atoms with E-state index in [9.17, 15) is 14.5 Å². The minimum atomic E-state index is -0.511. The third kappa shape index (κ3) is 2.12. The van der Waals surface area contributed by atoms with Gasteiger partial charge in [0.2, 0.25) is 11.6 Å². The van der Waals surface area contributed by atoms with E-state index in [1.807, 2.05) is 0 Å². The highest BCUT2D eigenvalue weighted by molar-refractivity contribution is 6.50. The Bertz CT molecular complexity index is 815. The molecule has 3 rings (SSSR count). The number of halogens is 1. The Morgan fingerprint density at radius 1 is 0.818 bits per heavy atom. The fourth-order valence-corrected chi connectivity index (χ4v) is 2.58. The lowest BCUT2D eigenvalue weighted by molar-refractivity contribution is 0.0978. The fraction of sp³-hybridized carbons (Fsp3) is 0. The number of nitroso groups, excluding NO2 is 1. The Morgan fingerprint density at radius 3 is 1.95 bits per heavy atom. The van der Waals surface area contributed by atoms with Crippen molar-refractivity contribution in [2.75, 3.05) is 5.01 Å². The zero-order chi connectivity index (χ0) is 15.7. The first-order valence-electron chi connectivity index (χ1n) is 6.42. The summed E-state index contributed by atoms with van der Waals surface area (Å²) in [5.41, 5.74) is 0.550. The second kappa shape index (κ2) is 5.54. The van der Waals surface area contributed by atoms with E-state index in [2.05, 4.69) is 5.29 Å². The summed E-state index contributed by atoms with van der Waals surface area (Å²) >= 11 is 6.05. The number of ketones is 2. The van der Waals surface area contributed by atoms with Gasteiger partial charge in [-0.05, 0) is 12.1 Å². The quantitative estimate of drug-likeness (QED) is 0.640. The van der Waals surface area contributed by atoms with E-state index in [-0.39, 0.29) is 21.9 Å². The largest absolute Gasteiger partial charge is 0.287 e. The summed E-state index contributed by atoms with van der Waals surface area (Å²) in [5, 5.41) is 3.39. The number of allylic oxidation sites excluding steroid dienone is 2. The average molecular weight is 313 g/mol. The van der Waals surface area contributed by atoms with E-state index in [4.69, 9.17) is 11.6 Å².